The summed E-state index contributed by atoms with van der Waals surface area (Å²) >= 11 is 1.52. The number of nitrogens with two attached hydrogens (primary N) is 1. The lowest BCUT2D eigenvalue weighted by atomic mass is 10.2. The first-order valence-corrected chi connectivity index (χ1v) is 8.01. The van der Waals surface area contributed by atoms with Gasteiger partial charge in [0.1, 0.15) is 11.9 Å². The highest BCUT2D eigenvalue weighted by Gasteiger charge is 2.36. The largest absolute Gasteiger partial charge is 0.397 e. The Bertz CT molecular complexity index is 737. The summed E-state index contributed by atoms with van der Waals surface area (Å²) in [5.74, 6) is 1.73. The van der Waals surface area contributed by atoms with E-state index >= 15 is 0 Å². The molecule has 4 rings (SSSR count). The molecule has 2 saturated carbocycles. The van der Waals surface area contributed by atoms with Crippen LogP contribution in [0.5, 0.6) is 0 Å². The molecule has 5 nitrogen and oxygen atoms in total. The number of hydrogen-bond acceptors (Lipinski definition) is 5. The van der Waals surface area contributed by atoms with E-state index in [1.807, 2.05) is 12.1 Å². The summed E-state index contributed by atoms with van der Waals surface area (Å²) in [4.78, 5) is 0.880. The van der Waals surface area contributed by atoms with Gasteiger partial charge in [0.2, 0.25) is 0 Å². The molecule has 0 radical (unpaired) electrons. The van der Waals surface area contributed by atoms with Gasteiger partial charge in [-0.15, -0.1) is 10.2 Å². The molecule has 0 aliphatic heterocycles. The molecule has 2 aliphatic rings. The van der Waals surface area contributed by atoms with E-state index in [0.29, 0.717) is 23.2 Å². The molecule has 0 atom stereocenters. The minimum Gasteiger partial charge on any atom is -0.397 e. The quantitative estimate of drug-likeness (QED) is 0.877. The van der Waals surface area contributed by atoms with Crippen LogP contribution in [0, 0.1) is 11.3 Å². The molecule has 1 aromatic heterocycles. The molecule has 6 heteroatoms. The lowest BCUT2D eigenvalue weighted by Gasteiger charge is -2.09. The van der Waals surface area contributed by atoms with Crippen LogP contribution in [0.1, 0.15) is 49.0 Å². The van der Waals surface area contributed by atoms with Crippen molar-refractivity contribution in [2.45, 2.75) is 47.7 Å². The molecule has 1 aromatic carbocycles. The van der Waals surface area contributed by atoms with Gasteiger partial charge in [-0.3, -0.25) is 0 Å². The van der Waals surface area contributed by atoms with Crippen molar-refractivity contribution < 1.29 is 0 Å². The van der Waals surface area contributed by atoms with Gasteiger partial charge in [0.05, 0.1) is 11.3 Å². The summed E-state index contributed by atoms with van der Waals surface area (Å²) < 4.78 is 2.29. The number of rotatable bonds is 4. The van der Waals surface area contributed by atoms with E-state index in [-0.39, 0.29) is 0 Å². The van der Waals surface area contributed by atoms with Crippen LogP contribution in [-0.2, 0) is 0 Å². The molecule has 2 N–H and O–H groups in total. The zero-order valence-corrected chi connectivity index (χ0v) is 12.3. The number of benzene rings is 1. The Labute approximate surface area is 127 Å². The Morgan fingerprint density at radius 2 is 2.05 bits per heavy atom. The average Bonchev–Trinajstić information content (AvgIpc) is 3.40. The molecule has 0 bridgehead atoms. The topological polar surface area (TPSA) is 80.5 Å². The highest BCUT2D eigenvalue weighted by atomic mass is 32.2. The number of nitriles is 1. The molecule has 0 spiro atoms. The maximum atomic E-state index is 9.07. The maximum absolute atomic E-state index is 9.07. The number of aromatic nitrogens is 3. The van der Waals surface area contributed by atoms with E-state index in [0.717, 1.165) is 15.9 Å². The molecular weight excluding hydrogens is 282 g/mol. The third kappa shape index (κ3) is 2.28. The van der Waals surface area contributed by atoms with E-state index in [1.165, 1.54) is 37.4 Å². The van der Waals surface area contributed by atoms with Crippen LogP contribution in [0.25, 0.3) is 0 Å². The van der Waals surface area contributed by atoms with Crippen molar-refractivity contribution in [2.75, 3.05) is 5.73 Å². The number of para-hydroxylation sites is 1. The van der Waals surface area contributed by atoms with Crippen LogP contribution in [0.2, 0.25) is 0 Å². The molecule has 21 heavy (non-hydrogen) atoms. The minimum absolute atomic E-state index is 0.514. The fourth-order valence-corrected chi connectivity index (χ4v) is 3.47. The van der Waals surface area contributed by atoms with E-state index in [4.69, 9.17) is 11.0 Å². The second-order valence-electron chi connectivity index (χ2n) is 5.65. The van der Waals surface area contributed by atoms with E-state index in [1.54, 1.807) is 6.07 Å². The fraction of sp³-hybridized carbons (Fsp3) is 0.400. The summed E-state index contributed by atoms with van der Waals surface area (Å²) in [7, 11) is 0. The predicted molar refractivity (Wildman–Crippen MR) is 80.0 cm³/mol. The second kappa shape index (κ2) is 4.78. The van der Waals surface area contributed by atoms with Gasteiger partial charge in [-0.25, -0.2) is 0 Å². The lowest BCUT2D eigenvalue weighted by molar-refractivity contribution is 0.627. The normalized spacial score (nSPS) is 17.7. The molecule has 2 aliphatic carbocycles. The first-order valence-electron chi connectivity index (χ1n) is 7.19. The second-order valence-corrected chi connectivity index (χ2v) is 6.66. The minimum atomic E-state index is 0.514. The molecule has 0 amide bonds. The molecule has 0 saturated heterocycles. The molecule has 2 aromatic rings. The van der Waals surface area contributed by atoms with Gasteiger partial charge >= 0.3 is 0 Å². The number of anilines is 1. The van der Waals surface area contributed by atoms with Crippen molar-refractivity contribution >= 4 is 17.4 Å². The summed E-state index contributed by atoms with van der Waals surface area (Å²) in [6.45, 7) is 0. The van der Waals surface area contributed by atoms with Gasteiger partial charge in [-0.05, 0) is 49.6 Å². The molecular formula is C15H15N5S. The standard InChI is InChI=1S/C15H15N5S/c16-8-10-2-1-3-12(13(10)17)21-15-19-18-14(9-4-5-9)20(15)11-6-7-11/h1-3,9,11H,4-7,17H2. The highest BCUT2D eigenvalue weighted by molar-refractivity contribution is 7.99. The van der Waals surface area contributed by atoms with Crippen LogP contribution in [-0.4, -0.2) is 14.8 Å². The first-order chi connectivity index (χ1) is 10.3. The summed E-state index contributed by atoms with van der Waals surface area (Å²) in [6.07, 6.45) is 4.86. The Balaban J connectivity index is 1.70. The summed E-state index contributed by atoms with van der Waals surface area (Å²) in [5.41, 5.74) is 7.11. The van der Waals surface area contributed by atoms with Crippen molar-refractivity contribution in [2.24, 2.45) is 0 Å². The predicted octanol–water partition coefficient (Wildman–Crippen LogP) is 3.10. The van der Waals surface area contributed by atoms with Crippen LogP contribution in [0.15, 0.2) is 28.3 Å². The smallest absolute Gasteiger partial charge is 0.196 e. The number of hydrogen-bond donors (Lipinski definition) is 1. The summed E-state index contributed by atoms with van der Waals surface area (Å²) in [6, 6.07) is 8.21. The third-order valence-corrected chi connectivity index (χ3v) is 4.97. The lowest BCUT2D eigenvalue weighted by Crippen LogP contribution is -2.02. The van der Waals surface area contributed by atoms with Crippen molar-refractivity contribution in [3.8, 4) is 6.07 Å². The van der Waals surface area contributed by atoms with E-state index in [9.17, 15) is 0 Å². The van der Waals surface area contributed by atoms with Gasteiger partial charge in [0.25, 0.3) is 0 Å². The monoisotopic (exact) mass is 297 g/mol. The zero-order valence-electron chi connectivity index (χ0n) is 11.5. The molecule has 2 fully saturated rings. The zero-order chi connectivity index (χ0) is 14.4. The third-order valence-electron chi connectivity index (χ3n) is 3.93. The Morgan fingerprint density at radius 1 is 1.24 bits per heavy atom. The summed E-state index contributed by atoms with van der Waals surface area (Å²) in [5, 5.41) is 18.7. The van der Waals surface area contributed by atoms with Crippen molar-refractivity contribution in [1.29, 1.82) is 5.26 Å². The number of nitrogen functional groups attached to an aromatic ring is 1. The highest BCUT2D eigenvalue weighted by Crippen LogP contribution is 2.47. The Hall–Kier alpha value is -2.00. The molecule has 106 valence electrons. The van der Waals surface area contributed by atoms with E-state index in [2.05, 4.69) is 20.8 Å². The van der Waals surface area contributed by atoms with Gasteiger partial charge < -0.3 is 10.3 Å². The molecule has 1 heterocycles. The van der Waals surface area contributed by atoms with Crippen molar-refractivity contribution in [1.82, 2.24) is 14.8 Å². The van der Waals surface area contributed by atoms with Gasteiger partial charge in [0, 0.05) is 16.9 Å². The number of nitrogens with zero attached hydrogens (tertiary/aromatic N) is 4. The van der Waals surface area contributed by atoms with Crippen LogP contribution >= 0.6 is 11.8 Å². The van der Waals surface area contributed by atoms with Crippen LogP contribution in [0.3, 0.4) is 0 Å². The maximum Gasteiger partial charge on any atom is 0.196 e. The Kier molecular flexibility index (Phi) is 2.89. The van der Waals surface area contributed by atoms with Crippen LogP contribution in [0.4, 0.5) is 5.69 Å². The Morgan fingerprint density at radius 3 is 2.71 bits per heavy atom. The van der Waals surface area contributed by atoms with Crippen LogP contribution < -0.4 is 5.73 Å². The van der Waals surface area contributed by atoms with Gasteiger partial charge in [-0.2, -0.15) is 5.26 Å². The first kappa shape index (κ1) is 12.7. The SMILES string of the molecule is N#Cc1cccc(Sc2nnc(C3CC3)n2C2CC2)c1N. The van der Waals surface area contributed by atoms with E-state index < -0.39 is 0 Å². The van der Waals surface area contributed by atoms with Crippen molar-refractivity contribution in [3.05, 3.63) is 29.6 Å². The van der Waals surface area contributed by atoms with Gasteiger partial charge in [0.15, 0.2) is 5.16 Å². The fourth-order valence-electron chi connectivity index (χ4n) is 2.48. The van der Waals surface area contributed by atoms with Gasteiger partial charge in [-0.1, -0.05) is 6.07 Å². The molecule has 0 unspecified atom stereocenters. The average molecular weight is 297 g/mol. The van der Waals surface area contributed by atoms with Crippen molar-refractivity contribution in [3.63, 3.8) is 0 Å².